The Morgan fingerprint density at radius 3 is 2.76 bits per heavy atom. The van der Waals surface area contributed by atoms with E-state index in [1.165, 1.54) is 0 Å². The molecule has 2 heterocycles. The molecule has 4 nitrogen and oxygen atoms in total. The van der Waals surface area contributed by atoms with Crippen molar-refractivity contribution >= 4 is 23.0 Å². The molecule has 0 radical (unpaired) electrons. The van der Waals surface area contributed by atoms with E-state index in [2.05, 4.69) is 4.98 Å². The monoisotopic (exact) mass is 302 g/mol. The minimum atomic E-state index is -0.402. The molecule has 108 valence electrons. The van der Waals surface area contributed by atoms with Gasteiger partial charge in [0.1, 0.15) is 0 Å². The lowest BCUT2D eigenvalue weighted by molar-refractivity contribution is -0.0964. The van der Waals surface area contributed by atoms with Crippen molar-refractivity contribution in [2.45, 2.75) is 13.2 Å². The van der Waals surface area contributed by atoms with Gasteiger partial charge in [-0.05, 0) is 43.3 Å². The van der Waals surface area contributed by atoms with E-state index in [1.807, 2.05) is 49.4 Å². The topological polar surface area (TPSA) is 34.6 Å². The van der Waals surface area contributed by atoms with Gasteiger partial charge in [0.25, 0.3) is 0 Å². The fraction of sp³-hybridized carbons (Fsp3) is 0.188. The van der Waals surface area contributed by atoms with Crippen molar-refractivity contribution in [2.75, 3.05) is 11.7 Å². The summed E-state index contributed by atoms with van der Waals surface area (Å²) in [5.41, 5.74) is 2.76. The molecule has 0 bridgehead atoms. The number of hydrogen-bond acceptors (Lipinski definition) is 4. The molecule has 0 N–H and O–H groups in total. The highest BCUT2D eigenvalue weighted by atomic mass is 35.5. The summed E-state index contributed by atoms with van der Waals surface area (Å²) in [5.74, 6) is 0. The Bertz CT molecular complexity index is 628. The van der Waals surface area contributed by atoms with Gasteiger partial charge in [0.15, 0.2) is 0 Å². The largest absolute Gasteiger partial charge is 0.347 e. The van der Waals surface area contributed by atoms with E-state index >= 15 is 0 Å². The number of benzene rings is 1. The Morgan fingerprint density at radius 2 is 2.10 bits per heavy atom. The molecule has 1 unspecified atom stereocenters. The van der Waals surface area contributed by atoms with E-state index < -0.39 is 6.29 Å². The molecule has 1 aromatic carbocycles. The van der Waals surface area contributed by atoms with E-state index in [0.29, 0.717) is 11.6 Å². The molecular weight excluding hydrogens is 288 g/mol. The quantitative estimate of drug-likeness (QED) is 0.858. The van der Waals surface area contributed by atoms with Crippen LogP contribution in [0.2, 0.25) is 5.02 Å². The number of anilines is 1. The van der Waals surface area contributed by atoms with E-state index in [0.717, 1.165) is 16.9 Å². The van der Waals surface area contributed by atoms with E-state index in [9.17, 15) is 0 Å². The van der Waals surface area contributed by atoms with Crippen LogP contribution in [-0.4, -0.2) is 17.9 Å². The van der Waals surface area contributed by atoms with Gasteiger partial charge in [0.05, 0.1) is 11.4 Å². The number of nitrogens with zero attached hydrogens (tertiary/aromatic N) is 2. The van der Waals surface area contributed by atoms with Gasteiger partial charge in [-0.15, -0.1) is 0 Å². The zero-order valence-electron chi connectivity index (χ0n) is 11.6. The highest BCUT2D eigenvalue weighted by Gasteiger charge is 2.27. The molecule has 1 atom stereocenters. The molecule has 0 spiro atoms. The van der Waals surface area contributed by atoms with Crippen molar-refractivity contribution in [3.8, 4) is 0 Å². The molecule has 1 aliphatic rings. The van der Waals surface area contributed by atoms with Crippen LogP contribution < -0.4 is 5.06 Å². The average Bonchev–Trinajstić information content (AvgIpc) is 2.93. The van der Waals surface area contributed by atoms with Crippen molar-refractivity contribution in [3.05, 3.63) is 65.5 Å². The number of aromatic nitrogens is 1. The molecule has 5 heteroatoms. The van der Waals surface area contributed by atoms with E-state index in [-0.39, 0.29) is 0 Å². The van der Waals surface area contributed by atoms with Crippen molar-refractivity contribution in [3.63, 3.8) is 0 Å². The molecule has 0 aliphatic carbocycles. The number of halogens is 1. The van der Waals surface area contributed by atoms with Gasteiger partial charge in [0, 0.05) is 35.7 Å². The van der Waals surface area contributed by atoms with Crippen LogP contribution in [0.25, 0.3) is 5.70 Å². The van der Waals surface area contributed by atoms with Crippen molar-refractivity contribution in [1.29, 1.82) is 0 Å². The van der Waals surface area contributed by atoms with Gasteiger partial charge in [0.2, 0.25) is 6.29 Å². The van der Waals surface area contributed by atoms with Crippen molar-refractivity contribution in [2.24, 2.45) is 0 Å². The van der Waals surface area contributed by atoms with Gasteiger partial charge in [-0.25, -0.2) is 9.90 Å². The first-order chi connectivity index (χ1) is 10.3. The summed E-state index contributed by atoms with van der Waals surface area (Å²) in [7, 11) is 0. The van der Waals surface area contributed by atoms with Gasteiger partial charge >= 0.3 is 0 Å². The average molecular weight is 303 g/mol. The lowest BCUT2D eigenvalue weighted by Gasteiger charge is -2.22. The standard InChI is InChI=1S/C16H15ClN2O2/c1-2-20-16-10-15(12-4-3-9-18-11-12)19(21-16)14-7-5-13(17)6-8-14/h3-11,16H,2H2,1H3. The third kappa shape index (κ3) is 3.08. The summed E-state index contributed by atoms with van der Waals surface area (Å²) in [6, 6.07) is 11.3. The SMILES string of the molecule is CCOC1C=C(c2cccnc2)N(c2ccc(Cl)cc2)O1. The minimum Gasteiger partial charge on any atom is -0.347 e. The third-order valence-corrected chi connectivity index (χ3v) is 3.32. The molecule has 0 saturated carbocycles. The second-order valence-electron chi connectivity index (χ2n) is 4.49. The maximum Gasteiger partial charge on any atom is 0.205 e. The first-order valence-electron chi connectivity index (χ1n) is 6.74. The Labute approximate surface area is 128 Å². The van der Waals surface area contributed by atoms with Crippen LogP contribution in [0.15, 0.2) is 54.9 Å². The van der Waals surface area contributed by atoms with Crippen molar-refractivity contribution in [1.82, 2.24) is 4.98 Å². The summed E-state index contributed by atoms with van der Waals surface area (Å²) in [6.45, 7) is 2.52. The molecular formula is C16H15ClN2O2. The minimum absolute atomic E-state index is 0.402. The summed E-state index contributed by atoms with van der Waals surface area (Å²) in [5, 5.41) is 2.43. The highest BCUT2D eigenvalue weighted by molar-refractivity contribution is 6.30. The predicted octanol–water partition coefficient (Wildman–Crippen LogP) is 3.89. The first kappa shape index (κ1) is 14.1. The number of ether oxygens (including phenoxy) is 1. The number of rotatable bonds is 4. The van der Waals surface area contributed by atoms with Gasteiger partial charge < -0.3 is 4.74 Å². The summed E-state index contributed by atoms with van der Waals surface area (Å²) in [4.78, 5) is 10.00. The van der Waals surface area contributed by atoms with Gasteiger partial charge in [-0.3, -0.25) is 4.98 Å². The lowest BCUT2D eigenvalue weighted by atomic mass is 10.2. The Morgan fingerprint density at radius 1 is 1.29 bits per heavy atom. The molecule has 21 heavy (non-hydrogen) atoms. The second kappa shape index (κ2) is 6.26. The number of hydroxylamine groups is 1. The zero-order chi connectivity index (χ0) is 14.7. The van der Waals surface area contributed by atoms with Crippen LogP contribution in [0, 0.1) is 0 Å². The van der Waals surface area contributed by atoms with Crippen LogP contribution >= 0.6 is 11.6 Å². The molecule has 2 aromatic rings. The molecule has 0 amide bonds. The molecule has 0 saturated heterocycles. The van der Waals surface area contributed by atoms with Crippen LogP contribution in [0.1, 0.15) is 12.5 Å². The molecule has 1 aliphatic heterocycles. The highest BCUT2D eigenvalue weighted by Crippen LogP contribution is 2.33. The Kier molecular flexibility index (Phi) is 4.20. The second-order valence-corrected chi connectivity index (χ2v) is 4.93. The fourth-order valence-electron chi connectivity index (χ4n) is 2.13. The molecule has 3 rings (SSSR count). The Hall–Kier alpha value is -1.88. The predicted molar refractivity (Wildman–Crippen MR) is 82.6 cm³/mol. The third-order valence-electron chi connectivity index (χ3n) is 3.07. The smallest absolute Gasteiger partial charge is 0.205 e. The van der Waals surface area contributed by atoms with Crippen LogP contribution in [0.5, 0.6) is 0 Å². The maximum absolute atomic E-state index is 5.94. The van der Waals surface area contributed by atoms with Crippen molar-refractivity contribution < 1.29 is 9.57 Å². The van der Waals surface area contributed by atoms with Crippen LogP contribution in [-0.2, 0) is 9.57 Å². The normalized spacial score (nSPS) is 17.9. The number of pyridine rings is 1. The maximum atomic E-state index is 5.94. The Balaban J connectivity index is 1.95. The summed E-state index contributed by atoms with van der Waals surface area (Å²) in [6.07, 6.45) is 5.08. The zero-order valence-corrected chi connectivity index (χ0v) is 12.3. The lowest BCUT2D eigenvalue weighted by Crippen LogP contribution is -2.21. The van der Waals surface area contributed by atoms with E-state index in [4.69, 9.17) is 21.2 Å². The number of hydrogen-bond donors (Lipinski definition) is 0. The van der Waals surface area contributed by atoms with Gasteiger partial charge in [-0.2, -0.15) is 0 Å². The molecule has 0 fully saturated rings. The summed E-state index contributed by atoms with van der Waals surface area (Å²) >= 11 is 5.94. The fourth-order valence-corrected chi connectivity index (χ4v) is 2.26. The van der Waals surface area contributed by atoms with E-state index in [1.54, 1.807) is 17.5 Å². The first-order valence-corrected chi connectivity index (χ1v) is 7.12. The van der Waals surface area contributed by atoms with Crippen LogP contribution in [0.3, 0.4) is 0 Å². The molecule has 1 aromatic heterocycles. The van der Waals surface area contributed by atoms with Gasteiger partial charge in [-0.1, -0.05) is 11.6 Å². The van der Waals surface area contributed by atoms with Crippen LogP contribution in [0.4, 0.5) is 5.69 Å². The summed E-state index contributed by atoms with van der Waals surface area (Å²) < 4.78 is 5.54.